The third-order valence-corrected chi connectivity index (χ3v) is 2.65. The Morgan fingerprint density at radius 2 is 2.36 bits per heavy atom. The molecule has 2 atom stereocenters. The van der Waals surface area contributed by atoms with E-state index in [0.29, 0.717) is 12.5 Å². The Balaban J connectivity index is 1.85. The van der Waals surface area contributed by atoms with Crippen molar-refractivity contribution in [3.8, 4) is 0 Å². The van der Waals surface area contributed by atoms with E-state index in [2.05, 4.69) is 4.74 Å². The average molecular weight is 201 g/mol. The van der Waals surface area contributed by atoms with Crippen LogP contribution < -0.4 is 0 Å². The zero-order valence-electron chi connectivity index (χ0n) is 8.18. The molecule has 1 N–H and O–H groups in total. The van der Waals surface area contributed by atoms with Crippen LogP contribution in [0.4, 0.5) is 0 Å². The quantitative estimate of drug-likeness (QED) is 0.626. The molecule has 1 saturated heterocycles. The number of hydrogen-bond donors (Lipinski definition) is 1. The summed E-state index contributed by atoms with van der Waals surface area (Å²) in [6.07, 6.45) is 0.853. The van der Waals surface area contributed by atoms with Gasteiger partial charge in [0.05, 0.1) is 7.11 Å². The summed E-state index contributed by atoms with van der Waals surface area (Å²) < 4.78 is 9.61. The monoisotopic (exact) mass is 201 g/mol. The molecule has 0 aromatic heterocycles. The van der Waals surface area contributed by atoms with Crippen molar-refractivity contribution >= 4 is 5.97 Å². The van der Waals surface area contributed by atoms with Gasteiger partial charge in [-0.05, 0) is 18.8 Å². The minimum Gasteiger partial charge on any atom is -0.467 e. The van der Waals surface area contributed by atoms with E-state index in [1.54, 1.807) is 4.90 Å². The fourth-order valence-corrected chi connectivity index (χ4v) is 1.64. The highest BCUT2D eigenvalue weighted by atomic mass is 16.7. The molecule has 0 spiro atoms. The molecule has 1 unspecified atom stereocenters. The van der Waals surface area contributed by atoms with Crippen molar-refractivity contribution in [3.63, 3.8) is 0 Å². The van der Waals surface area contributed by atoms with Crippen molar-refractivity contribution in [1.29, 1.82) is 0 Å². The normalized spacial score (nSPS) is 33.3. The molecule has 0 aromatic carbocycles. The summed E-state index contributed by atoms with van der Waals surface area (Å²) >= 11 is 0. The number of ether oxygens (including phenoxy) is 2. The predicted molar refractivity (Wildman–Crippen MR) is 47.2 cm³/mol. The predicted octanol–water partition coefficient (Wildman–Crippen LogP) is -0.454. The molecule has 0 radical (unpaired) electrons. The molecule has 2 rings (SSSR count). The number of methoxy groups -OCH3 is 1. The molecule has 0 aromatic rings. The van der Waals surface area contributed by atoms with Crippen LogP contribution in [0.1, 0.15) is 12.8 Å². The molecule has 0 amide bonds. The molecule has 0 bridgehead atoms. The van der Waals surface area contributed by atoms with Crippen LogP contribution in [0.15, 0.2) is 0 Å². The highest BCUT2D eigenvalue weighted by Gasteiger charge is 2.39. The van der Waals surface area contributed by atoms with Crippen LogP contribution in [0.2, 0.25) is 0 Å². The molecular weight excluding hydrogens is 186 g/mol. The summed E-state index contributed by atoms with van der Waals surface area (Å²) in [7, 11) is 1.32. The molecule has 2 fully saturated rings. The molecule has 14 heavy (non-hydrogen) atoms. The van der Waals surface area contributed by atoms with Crippen molar-refractivity contribution < 1.29 is 19.4 Å². The number of nitrogens with zero attached hydrogens (tertiary/aromatic N) is 1. The summed E-state index contributed by atoms with van der Waals surface area (Å²) in [4.78, 5) is 12.9. The Labute approximate surface area is 82.6 Å². The van der Waals surface area contributed by atoms with Crippen LogP contribution in [-0.4, -0.2) is 48.7 Å². The van der Waals surface area contributed by atoms with Gasteiger partial charge in [-0.15, -0.1) is 0 Å². The lowest BCUT2D eigenvalue weighted by molar-refractivity contribution is -0.174. The number of hydrogen-bond acceptors (Lipinski definition) is 5. The van der Waals surface area contributed by atoms with Crippen LogP contribution in [0.25, 0.3) is 0 Å². The maximum atomic E-state index is 11.1. The second-order valence-corrected chi connectivity index (χ2v) is 3.87. The van der Waals surface area contributed by atoms with Gasteiger partial charge in [0.15, 0.2) is 6.10 Å². The first-order valence-electron chi connectivity index (χ1n) is 4.86. The maximum Gasteiger partial charge on any atom is 0.336 e. The standard InChI is InChI=1S/C9H15NO4/c1-13-8(11)7-5-10(9(12)14-7)4-6-2-3-6/h6-7,9,12H,2-5H2,1H3/t7?,9-/m0/s1. The van der Waals surface area contributed by atoms with E-state index in [9.17, 15) is 9.90 Å². The van der Waals surface area contributed by atoms with E-state index in [-0.39, 0.29) is 0 Å². The minimum atomic E-state index is -0.945. The smallest absolute Gasteiger partial charge is 0.336 e. The first-order chi connectivity index (χ1) is 6.70. The fourth-order valence-electron chi connectivity index (χ4n) is 1.64. The highest BCUT2D eigenvalue weighted by molar-refractivity contribution is 5.75. The summed E-state index contributed by atoms with van der Waals surface area (Å²) in [6, 6.07) is 0. The molecule has 5 heteroatoms. The minimum absolute atomic E-state index is 0.414. The number of rotatable bonds is 3. The Kier molecular flexibility index (Phi) is 2.71. The highest BCUT2D eigenvalue weighted by Crippen LogP contribution is 2.31. The van der Waals surface area contributed by atoms with Crippen molar-refractivity contribution in [2.45, 2.75) is 25.4 Å². The van der Waals surface area contributed by atoms with Crippen LogP contribution in [0.3, 0.4) is 0 Å². The van der Waals surface area contributed by atoms with E-state index < -0.39 is 18.5 Å². The van der Waals surface area contributed by atoms with Gasteiger partial charge in [-0.1, -0.05) is 0 Å². The summed E-state index contributed by atoms with van der Waals surface area (Å²) in [5, 5.41) is 9.48. The van der Waals surface area contributed by atoms with Crippen molar-refractivity contribution in [2.24, 2.45) is 5.92 Å². The second-order valence-electron chi connectivity index (χ2n) is 3.87. The number of esters is 1. The average Bonchev–Trinajstić information content (AvgIpc) is 2.91. The van der Waals surface area contributed by atoms with Crippen LogP contribution in [0, 0.1) is 5.92 Å². The van der Waals surface area contributed by atoms with E-state index in [0.717, 1.165) is 6.54 Å². The number of aliphatic hydroxyl groups excluding tert-OH is 1. The first kappa shape index (κ1) is 9.89. The van der Waals surface area contributed by atoms with Crippen LogP contribution in [0.5, 0.6) is 0 Å². The van der Waals surface area contributed by atoms with Gasteiger partial charge in [0.1, 0.15) is 0 Å². The number of aliphatic hydroxyl groups is 1. The molecule has 1 aliphatic carbocycles. The van der Waals surface area contributed by atoms with Gasteiger partial charge >= 0.3 is 5.97 Å². The van der Waals surface area contributed by atoms with Gasteiger partial charge in [0.25, 0.3) is 0 Å². The van der Waals surface area contributed by atoms with Gasteiger partial charge < -0.3 is 14.6 Å². The Morgan fingerprint density at radius 3 is 2.93 bits per heavy atom. The van der Waals surface area contributed by atoms with E-state index in [4.69, 9.17) is 4.74 Å². The summed E-state index contributed by atoms with van der Waals surface area (Å²) in [5.74, 6) is 0.256. The first-order valence-corrected chi connectivity index (χ1v) is 4.86. The van der Waals surface area contributed by atoms with Gasteiger partial charge in [0, 0.05) is 13.1 Å². The van der Waals surface area contributed by atoms with Crippen molar-refractivity contribution in [1.82, 2.24) is 4.90 Å². The van der Waals surface area contributed by atoms with E-state index in [1.807, 2.05) is 0 Å². The van der Waals surface area contributed by atoms with Crippen LogP contribution in [-0.2, 0) is 14.3 Å². The lowest BCUT2D eigenvalue weighted by Gasteiger charge is -2.16. The second kappa shape index (κ2) is 3.84. The zero-order valence-corrected chi connectivity index (χ0v) is 8.18. The van der Waals surface area contributed by atoms with Gasteiger partial charge in [-0.25, -0.2) is 4.79 Å². The van der Waals surface area contributed by atoms with E-state index >= 15 is 0 Å². The number of carbonyl (C=O) groups excluding carboxylic acids is 1. The third-order valence-electron chi connectivity index (χ3n) is 2.65. The largest absolute Gasteiger partial charge is 0.467 e. The fraction of sp³-hybridized carbons (Fsp3) is 0.889. The maximum absolute atomic E-state index is 11.1. The van der Waals surface area contributed by atoms with Crippen molar-refractivity contribution in [3.05, 3.63) is 0 Å². The Hall–Kier alpha value is -0.650. The molecule has 80 valence electrons. The topological polar surface area (TPSA) is 59.0 Å². The van der Waals surface area contributed by atoms with Gasteiger partial charge in [-0.2, -0.15) is 0 Å². The third kappa shape index (κ3) is 2.05. The Bertz CT molecular complexity index is 229. The van der Waals surface area contributed by atoms with E-state index in [1.165, 1.54) is 20.0 Å². The van der Waals surface area contributed by atoms with Crippen LogP contribution >= 0.6 is 0 Å². The molecule has 1 heterocycles. The summed E-state index contributed by atoms with van der Waals surface area (Å²) in [6.45, 7) is 1.25. The van der Waals surface area contributed by atoms with Gasteiger partial charge in [-0.3, -0.25) is 4.90 Å². The lowest BCUT2D eigenvalue weighted by Crippen LogP contribution is -2.32. The summed E-state index contributed by atoms with van der Waals surface area (Å²) in [5.41, 5.74) is 0. The zero-order chi connectivity index (χ0) is 10.1. The SMILES string of the molecule is COC(=O)C1CN(CC2CC2)[C@@H](O)O1. The van der Waals surface area contributed by atoms with Crippen molar-refractivity contribution in [2.75, 3.05) is 20.2 Å². The molecule has 5 nitrogen and oxygen atoms in total. The number of carbonyl (C=O) groups is 1. The molecular formula is C9H15NO4. The molecule has 1 aliphatic heterocycles. The lowest BCUT2D eigenvalue weighted by atomic mass is 10.3. The molecule has 1 saturated carbocycles. The van der Waals surface area contributed by atoms with Gasteiger partial charge in [0.2, 0.25) is 6.41 Å². The molecule has 2 aliphatic rings. The Morgan fingerprint density at radius 1 is 1.64 bits per heavy atom.